The maximum absolute atomic E-state index is 13.3. The van der Waals surface area contributed by atoms with Crippen LogP contribution in [0.2, 0.25) is 5.02 Å². The maximum Gasteiger partial charge on any atom is 0.127 e. The van der Waals surface area contributed by atoms with Crippen LogP contribution in [-0.2, 0) is 6.42 Å². The second-order valence-electron chi connectivity index (χ2n) is 3.45. The third-order valence-electron chi connectivity index (χ3n) is 2.19. The Balaban J connectivity index is 2.75. The van der Waals surface area contributed by atoms with Crippen LogP contribution in [-0.4, -0.2) is 6.04 Å². The molecule has 0 bridgehead atoms. The van der Waals surface area contributed by atoms with Crippen LogP contribution in [0.5, 0.6) is 0 Å². The van der Waals surface area contributed by atoms with Gasteiger partial charge in [-0.05, 0) is 25.0 Å². The fraction of sp³-hybridized carbons (Fsp3) is 0.455. The molecule has 0 aliphatic carbocycles. The minimum Gasteiger partial charge on any atom is -0.327 e. The Morgan fingerprint density at radius 3 is 2.79 bits per heavy atom. The Bertz CT molecular complexity index is 281. The highest BCUT2D eigenvalue weighted by molar-refractivity contribution is 6.31. The van der Waals surface area contributed by atoms with E-state index < -0.39 is 0 Å². The SMILES string of the molecule is CCC[C@@H](N)Cc1c(F)cccc1Cl. The zero-order valence-electron chi connectivity index (χ0n) is 8.26. The van der Waals surface area contributed by atoms with Crippen LogP contribution < -0.4 is 5.73 Å². The average Bonchev–Trinajstić information content (AvgIpc) is 2.12. The van der Waals surface area contributed by atoms with Crippen molar-refractivity contribution in [1.29, 1.82) is 0 Å². The van der Waals surface area contributed by atoms with E-state index in [9.17, 15) is 4.39 Å². The van der Waals surface area contributed by atoms with Gasteiger partial charge < -0.3 is 5.73 Å². The topological polar surface area (TPSA) is 26.0 Å². The van der Waals surface area contributed by atoms with Crippen molar-refractivity contribution in [3.8, 4) is 0 Å². The van der Waals surface area contributed by atoms with E-state index >= 15 is 0 Å². The number of rotatable bonds is 4. The molecule has 0 amide bonds. The van der Waals surface area contributed by atoms with Gasteiger partial charge in [0, 0.05) is 16.6 Å². The Morgan fingerprint density at radius 2 is 2.21 bits per heavy atom. The molecule has 14 heavy (non-hydrogen) atoms. The predicted octanol–water partition coefficient (Wildman–Crippen LogP) is 3.15. The molecule has 2 N–H and O–H groups in total. The molecule has 0 spiro atoms. The highest BCUT2D eigenvalue weighted by Gasteiger charge is 2.10. The third kappa shape index (κ3) is 2.96. The summed E-state index contributed by atoms with van der Waals surface area (Å²) in [6.07, 6.45) is 2.41. The minimum atomic E-state index is -0.260. The monoisotopic (exact) mass is 215 g/mol. The first kappa shape index (κ1) is 11.5. The number of halogens is 2. The van der Waals surface area contributed by atoms with Crippen molar-refractivity contribution in [2.75, 3.05) is 0 Å². The van der Waals surface area contributed by atoms with E-state index in [1.807, 2.05) is 0 Å². The van der Waals surface area contributed by atoms with Crippen molar-refractivity contribution in [3.05, 3.63) is 34.6 Å². The summed E-state index contributed by atoms with van der Waals surface area (Å²) in [5.74, 6) is -0.260. The lowest BCUT2D eigenvalue weighted by molar-refractivity contribution is 0.562. The van der Waals surface area contributed by atoms with Crippen molar-refractivity contribution in [1.82, 2.24) is 0 Å². The highest BCUT2D eigenvalue weighted by atomic mass is 35.5. The number of nitrogens with two attached hydrogens (primary N) is 1. The first-order chi connectivity index (χ1) is 6.65. The van der Waals surface area contributed by atoms with Crippen LogP contribution in [0.3, 0.4) is 0 Å². The Kier molecular flexibility index (Phi) is 4.36. The lowest BCUT2D eigenvalue weighted by atomic mass is 10.0. The van der Waals surface area contributed by atoms with E-state index in [0.717, 1.165) is 12.8 Å². The molecule has 0 aromatic heterocycles. The van der Waals surface area contributed by atoms with Gasteiger partial charge in [-0.15, -0.1) is 0 Å². The van der Waals surface area contributed by atoms with Crippen LogP contribution in [0.1, 0.15) is 25.3 Å². The smallest absolute Gasteiger partial charge is 0.127 e. The summed E-state index contributed by atoms with van der Waals surface area (Å²) < 4.78 is 13.3. The number of benzene rings is 1. The summed E-state index contributed by atoms with van der Waals surface area (Å²) in [5.41, 5.74) is 6.37. The maximum atomic E-state index is 13.3. The standard InChI is InChI=1S/C11H15ClFN/c1-2-4-8(14)7-9-10(12)5-3-6-11(9)13/h3,5-6,8H,2,4,7,14H2,1H3/t8-/m1/s1. The van der Waals surface area contributed by atoms with Gasteiger partial charge >= 0.3 is 0 Å². The Hall–Kier alpha value is -0.600. The minimum absolute atomic E-state index is 0.00519. The summed E-state index contributed by atoms with van der Waals surface area (Å²) in [6.45, 7) is 2.06. The van der Waals surface area contributed by atoms with Gasteiger partial charge in [-0.25, -0.2) is 4.39 Å². The van der Waals surface area contributed by atoms with Gasteiger partial charge in [0.05, 0.1) is 0 Å². The fourth-order valence-corrected chi connectivity index (χ4v) is 1.70. The van der Waals surface area contributed by atoms with Gasteiger partial charge in [0.25, 0.3) is 0 Å². The van der Waals surface area contributed by atoms with Crippen molar-refractivity contribution < 1.29 is 4.39 Å². The van der Waals surface area contributed by atoms with Crippen molar-refractivity contribution in [3.63, 3.8) is 0 Å². The summed E-state index contributed by atoms with van der Waals surface area (Å²) in [7, 11) is 0. The van der Waals surface area contributed by atoms with E-state index in [0.29, 0.717) is 17.0 Å². The quantitative estimate of drug-likeness (QED) is 0.821. The molecule has 1 rings (SSSR count). The van der Waals surface area contributed by atoms with E-state index in [4.69, 9.17) is 17.3 Å². The van der Waals surface area contributed by atoms with Crippen molar-refractivity contribution in [2.45, 2.75) is 32.2 Å². The molecule has 1 atom stereocenters. The molecule has 78 valence electrons. The van der Waals surface area contributed by atoms with Gasteiger partial charge in [0.1, 0.15) is 5.82 Å². The van der Waals surface area contributed by atoms with E-state index in [1.54, 1.807) is 12.1 Å². The van der Waals surface area contributed by atoms with Crippen LogP contribution in [0.15, 0.2) is 18.2 Å². The molecule has 0 saturated heterocycles. The van der Waals surface area contributed by atoms with Crippen molar-refractivity contribution >= 4 is 11.6 Å². The molecular weight excluding hydrogens is 201 g/mol. The largest absolute Gasteiger partial charge is 0.327 e. The van der Waals surface area contributed by atoms with Gasteiger partial charge in [0.2, 0.25) is 0 Å². The van der Waals surface area contributed by atoms with E-state index in [1.165, 1.54) is 6.07 Å². The number of hydrogen-bond donors (Lipinski definition) is 1. The zero-order chi connectivity index (χ0) is 10.6. The molecule has 0 saturated carbocycles. The molecule has 0 aliphatic rings. The molecule has 0 aliphatic heterocycles. The molecule has 0 radical (unpaired) electrons. The van der Waals surface area contributed by atoms with Crippen LogP contribution in [0, 0.1) is 5.82 Å². The molecule has 1 nitrogen and oxygen atoms in total. The van der Waals surface area contributed by atoms with E-state index in [-0.39, 0.29) is 11.9 Å². The molecule has 0 unspecified atom stereocenters. The highest BCUT2D eigenvalue weighted by Crippen LogP contribution is 2.20. The van der Waals surface area contributed by atoms with Crippen LogP contribution >= 0.6 is 11.6 Å². The first-order valence-corrected chi connectivity index (χ1v) is 5.21. The lowest BCUT2D eigenvalue weighted by Gasteiger charge is -2.11. The van der Waals surface area contributed by atoms with Crippen molar-refractivity contribution in [2.24, 2.45) is 5.73 Å². The summed E-state index contributed by atoms with van der Waals surface area (Å²) >= 11 is 5.88. The molecule has 0 heterocycles. The van der Waals surface area contributed by atoms with Gasteiger partial charge in [-0.3, -0.25) is 0 Å². The van der Waals surface area contributed by atoms with Crippen LogP contribution in [0.4, 0.5) is 4.39 Å². The lowest BCUT2D eigenvalue weighted by Crippen LogP contribution is -2.23. The zero-order valence-corrected chi connectivity index (χ0v) is 9.02. The second kappa shape index (κ2) is 5.32. The van der Waals surface area contributed by atoms with Crippen LogP contribution in [0.25, 0.3) is 0 Å². The van der Waals surface area contributed by atoms with Gasteiger partial charge in [-0.1, -0.05) is 31.0 Å². The van der Waals surface area contributed by atoms with Gasteiger partial charge in [-0.2, -0.15) is 0 Å². The third-order valence-corrected chi connectivity index (χ3v) is 2.54. The second-order valence-corrected chi connectivity index (χ2v) is 3.86. The fourth-order valence-electron chi connectivity index (χ4n) is 1.46. The predicted molar refractivity (Wildman–Crippen MR) is 58.0 cm³/mol. The summed E-state index contributed by atoms with van der Waals surface area (Å²) in [5, 5.41) is 0.469. The molecule has 0 fully saturated rings. The summed E-state index contributed by atoms with van der Waals surface area (Å²) in [4.78, 5) is 0. The normalized spacial score (nSPS) is 12.9. The van der Waals surface area contributed by atoms with E-state index in [2.05, 4.69) is 6.92 Å². The number of hydrogen-bond acceptors (Lipinski definition) is 1. The molecule has 1 aromatic carbocycles. The molecule has 1 aromatic rings. The molecular formula is C11H15ClFN. The Labute approximate surface area is 89.1 Å². The average molecular weight is 216 g/mol. The first-order valence-electron chi connectivity index (χ1n) is 4.83. The molecule has 3 heteroatoms. The summed E-state index contributed by atoms with van der Waals surface area (Å²) in [6, 6.07) is 4.71. The Morgan fingerprint density at radius 1 is 1.50 bits per heavy atom. The van der Waals surface area contributed by atoms with Gasteiger partial charge in [0.15, 0.2) is 0 Å².